The van der Waals surface area contributed by atoms with Gasteiger partial charge in [0.05, 0.1) is 6.54 Å². The fraction of sp³-hybridized carbons (Fsp3) is 0.167. The molecule has 0 atom stereocenters. The first-order valence-electron chi connectivity index (χ1n) is 5.20. The van der Waals surface area contributed by atoms with Crippen LogP contribution in [0.25, 0.3) is 0 Å². The standard InChI is InChI=1S/C12H12N4/c1-15-7-6-11(14-15)16-8-9-4-2-3-5-10(9)12(16)13/h2-7,13H,8H2,1H3. The van der Waals surface area contributed by atoms with Crippen molar-refractivity contribution in [2.45, 2.75) is 6.54 Å². The maximum Gasteiger partial charge on any atom is 0.156 e. The first-order valence-corrected chi connectivity index (χ1v) is 5.20. The second kappa shape index (κ2) is 3.20. The van der Waals surface area contributed by atoms with Crippen LogP contribution in [0.3, 0.4) is 0 Å². The summed E-state index contributed by atoms with van der Waals surface area (Å²) in [6, 6.07) is 9.96. The Balaban J connectivity index is 2.01. The number of aromatic nitrogens is 2. The van der Waals surface area contributed by atoms with Gasteiger partial charge in [-0.25, -0.2) is 0 Å². The van der Waals surface area contributed by atoms with Crippen LogP contribution in [0.15, 0.2) is 36.5 Å². The van der Waals surface area contributed by atoms with Crippen molar-refractivity contribution in [1.29, 1.82) is 5.41 Å². The molecule has 3 rings (SSSR count). The highest BCUT2D eigenvalue weighted by atomic mass is 15.3. The van der Waals surface area contributed by atoms with Crippen LogP contribution in [0.4, 0.5) is 5.82 Å². The molecule has 2 heterocycles. The van der Waals surface area contributed by atoms with Crippen LogP contribution in [0, 0.1) is 5.41 Å². The Labute approximate surface area is 93.6 Å². The molecule has 0 saturated heterocycles. The number of rotatable bonds is 1. The topological polar surface area (TPSA) is 44.9 Å². The zero-order chi connectivity index (χ0) is 11.1. The van der Waals surface area contributed by atoms with E-state index in [4.69, 9.17) is 5.41 Å². The van der Waals surface area contributed by atoms with Crippen LogP contribution in [-0.4, -0.2) is 15.6 Å². The first-order chi connectivity index (χ1) is 7.75. The minimum atomic E-state index is 0.536. The number of nitrogens with zero attached hydrogens (tertiary/aromatic N) is 3. The number of hydrogen-bond acceptors (Lipinski definition) is 2. The zero-order valence-corrected chi connectivity index (χ0v) is 9.01. The number of anilines is 1. The van der Waals surface area contributed by atoms with Crippen molar-refractivity contribution >= 4 is 11.7 Å². The highest BCUT2D eigenvalue weighted by Crippen LogP contribution is 2.26. The quantitative estimate of drug-likeness (QED) is 0.783. The van der Waals surface area contributed by atoms with E-state index in [1.54, 1.807) is 4.68 Å². The van der Waals surface area contributed by atoms with E-state index in [2.05, 4.69) is 11.2 Å². The molecule has 1 N–H and O–H groups in total. The van der Waals surface area contributed by atoms with Gasteiger partial charge in [-0.1, -0.05) is 24.3 Å². The zero-order valence-electron chi connectivity index (χ0n) is 9.01. The summed E-state index contributed by atoms with van der Waals surface area (Å²) in [5.74, 6) is 1.37. The Bertz CT molecular complexity index is 556. The summed E-state index contributed by atoms with van der Waals surface area (Å²) >= 11 is 0. The summed E-state index contributed by atoms with van der Waals surface area (Å²) in [5.41, 5.74) is 2.20. The van der Waals surface area contributed by atoms with Gasteiger partial charge in [0.1, 0.15) is 5.84 Å². The van der Waals surface area contributed by atoms with Crippen molar-refractivity contribution in [1.82, 2.24) is 9.78 Å². The van der Waals surface area contributed by atoms with Gasteiger partial charge in [-0.05, 0) is 5.56 Å². The summed E-state index contributed by atoms with van der Waals surface area (Å²) in [7, 11) is 1.89. The van der Waals surface area contributed by atoms with E-state index in [1.807, 2.05) is 42.4 Å². The second-order valence-electron chi connectivity index (χ2n) is 3.94. The molecule has 2 aromatic rings. The molecule has 1 aromatic heterocycles. The minimum absolute atomic E-state index is 0.536. The van der Waals surface area contributed by atoms with Crippen LogP contribution >= 0.6 is 0 Å². The Morgan fingerprint density at radius 2 is 2.06 bits per heavy atom. The molecule has 16 heavy (non-hydrogen) atoms. The first kappa shape index (κ1) is 9.15. The van der Waals surface area contributed by atoms with Gasteiger partial charge < -0.3 is 4.90 Å². The van der Waals surface area contributed by atoms with E-state index in [1.165, 1.54) is 5.56 Å². The molecule has 1 aliphatic rings. The Morgan fingerprint density at radius 1 is 1.25 bits per heavy atom. The van der Waals surface area contributed by atoms with Crippen molar-refractivity contribution in [3.8, 4) is 0 Å². The van der Waals surface area contributed by atoms with Crippen molar-refractivity contribution in [3.63, 3.8) is 0 Å². The Morgan fingerprint density at radius 3 is 2.75 bits per heavy atom. The average molecular weight is 212 g/mol. The number of nitrogens with one attached hydrogen (secondary N) is 1. The molecule has 4 nitrogen and oxygen atoms in total. The van der Waals surface area contributed by atoms with Gasteiger partial charge >= 0.3 is 0 Å². The smallest absolute Gasteiger partial charge is 0.156 e. The molecule has 0 unspecified atom stereocenters. The lowest BCUT2D eigenvalue weighted by atomic mass is 10.1. The molecule has 80 valence electrons. The maximum absolute atomic E-state index is 8.11. The molecule has 1 aliphatic heterocycles. The van der Waals surface area contributed by atoms with E-state index in [0.717, 1.165) is 17.9 Å². The van der Waals surface area contributed by atoms with Crippen molar-refractivity contribution in [2.24, 2.45) is 7.05 Å². The fourth-order valence-electron chi connectivity index (χ4n) is 2.03. The van der Waals surface area contributed by atoms with Crippen LogP contribution in [0.2, 0.25) is 0 Å². The van der Waals surface area contributed by atoms with E-state index in [9.17, 15) is 0 Å². The lowest BCUT2D eigenvalue weighted by Crippen LogP contribution is -2.23. The predicted octanol–water partition coefficient (Wildman–Crippen LogP) is 1.77. The molecule has 0 fully saturated rings. The predicted molar refractivity (Wildman–Crippen MR) is 62.7 cm³/mol. The molecule has 0 spiro atoms. The van der Waals surface area contributed by atoms with Crippen LogP contribution in [0.1, 0.15) is 11.1 Å². The lowest BCUT2D eigenvalue weighted by molar-refractivity contribution is 0.762. The van der Waals surface area contributed by atoms with Crippen LogP contribution in [-0.2, 0) is 13.6 Å². The van der Waals surface area contributed by atoms with Gasteiger partial charge in [-0.3, -0.25) is 10.1 Å². The lowest BCUT2D eigenvalue weighted by Gasteiger charge is -2.13. The number of amidine groups is 1. The SMILES string of the molecule is Cn1ccc(N2Cc3ccccc3C2=N)n1. The molecule has 0 radical (unpaired) electrons. The van der Waals surface area contributed by atoms with Gasteiger partial charge in [0.15, 0.2) is 5.82 Å². The van der Waals surface area contributed by atoms with E-state index in [-0.39, 0.29) is 0 Å². The van der Waals surface area contributed by atoms with Gasteiger partial charge in [-0.15, -0.1) is 0 Å². The van der Waals surface area contributed by atoms with Gasteiger partial charge in [0.25, 0.3) is 0 Å². The molecule has 0 amide bonds. The number of fused-ring (bicyclic) bond motifs is 1. The molecule has 0 bridgehead atoms. The molecule has 1 aromatic carbocycles. The number of hydrogen-bond donors (Lipinski definition) is 1. The van der Waals surface area contributed by atoms with Crippen molar-refractivity contribution in [2.75, 3.05) is 4.90 Å². The van der Waals surface area contributed by atoms with E-state index < -0.39 is 0 Å². The van der Waals surface area contributed by atoms with Gasteiger partial charge in [-0.2, -0.15) is 5.10 Å². The Kier molecular flexibility index (Phi) is 1.83. The van der Waals surface area contributed by atoms with Gasteiger partial charge in [0.2, 0.25) is 0 Å². The van der Waals surface area contributed by atoms with Crippen molar-refractivity contribution in [3.05, 3.63) is 47.7 Å². The summed E-state index contributed by atoms with van der Waals surface area (Å²) in [6.45, 7) is 0.742. The summed E-state index contributed by atoms with van der Waals surface area (Å²) in [6.07, 6.45) is 1.89. The Hall–Kier alpha value is -2.10. The third-order valence-electron chi connectivity index (χ3n) is 2.85. The highest BCUT2D eigenvalue weighted by Gasteiger charge is 2.25. The molecular formula is C12H12N4. The van der Waals surface area contributed by atoms with E-state index in [0.29, 0.717) is 5.84 Å². The van der Waals surface area contributed by atoms with Crippen LogP contribution < -0.4 is 4.90 Å². The van der Waals surface area contributed by atoms with Crippen LogP contribution in [0.5, 0.6) is 0 Å². The molecular weight excluding hydrogens is 200 g/mol. The third-order valence-corrected chi connectivity index (χ3v) is 2.85. The summed E-state index contributed by atoms with van der Waals surface area (Å²) < 4.78 is 1.76. The minimum Gasteiger partial charge on any atom is -0.305 e. The largest absolute Gasteiger partial charge is 0.305 e. The number of benzene rings is 1. The average Bonchev–Trinajstić information content (AvgIpc) is 2.84. The van der Waals surface area contributed by atoms with E-state index >= 15 is 0 Å². The normalized spacial score (nSPS) is 14.3. The summed E-state index contributed by atoms with van der Waals surface area (Å²) in [4.78, 5) is 1.92. The molecule has 0 aliphatic carbocycles. The monoisotopic (exact) mass is 212 g/mol. The number of aryl methyl sites for hydroxylation is 1. The highest BCUT2D eigenvalue weighted by molar-refractivity contribution is 6.11. The molecule has 4 heteroatoms. The third kappa shape index (κ3) is 1.23. The van der Waals surface area contributed by atoms with Gasteiger partial charge in [0, 0.05) is 24.9 Å². The summed E-state index contributed by atoms with van der Waals surface area (Å²) in [5, 5.41) is 12.4. The second-order valence-corrected chi connectivity index (χ2v) is 3.94. The molecule has 0 saturated carbocycles. The fourth-order valence-corrected chi connectivity index (χ4v) is 2.03. The van der Waals surface area contributed by atoms with Crippen molar-refractivity contribution < 1.29 is 0 Å². The maximum atomic E-state index is 8.11.